The molecule has 7 nitrogen and oxygen atoms in total. The van der Waals surface area contributed by atoms with Gasteiger partial charge in [-0.2, -0.15) is 8.42 Å². The largest absolute Gasteiger partial charge is 0.462 e. The van der Waals surface area contributed by atoms with Gasteiger partial charge in [0, 0.05) is 13.5 Å². The van der Waals surface area contributed by atoms with E-state index in [4.69, 9.17) is 18.4 Å². The van der Waals surface area contributed by atoms with Crippen molar-refractivity contribution in [2.24, 2.45) is 5.41 Å². The number of methoxy groups -OCH3 is 1. The molecule has 0 amide bonds. The van der Waals surface area contributed by atoms with E-state index in [0.717, 1.165) is 6.26 Å². The number of ether oxygens (including phenoxy) is 3. The average Bonchev–Trinajstić information content (AvgIpc) is 2.64. The highest BCUT2D eigenvalue weighted by molar-refractivity contribution is 7.86. The molecule has 0 bridgehead atoms. The molecule has 8 heteroatoms. The van der Waals surface area contributed by atoms with Crippen molar-refractivity contribution < 1.29 is 31.6 Å². The first-order valence-electron chi connectivity index (χ1n) is 6.26. The minimum atomic E-state index is -3.62. The monoisotopic (exact) mass is 310 g/mol. The van der Waals surface area contributed by atoms with Crippen molar-refractivity contribution in [3.63, 3.8) is 0 Å². The molecule has 20 heavy (non-hydrogen) atoms. The number of carbonyl (C=O) groups is 1. The van der Waals surface area contributed by atoms with Crippen LogP contribution in [0, 0.1) is 5.41 Å². The molecule has 1 unspecified atom stereocenters. The summed E-state index contributed by atoms with van der Waals surface area (Å²) in [5, 5.41) is 0. The van der Waals surface area contributed by atoms with Crippen molar-refractivity contribution in [3.8, 4) is 0 Å². The van der Waals surface area contributed by atoms with Crippen molar-refractivity contribution in [3.05, 3.63) is 0 Å². The number of carbonyl (C=O) groups excluding carboxylic acids is 1. The van der Waals surface area contributed by atoms with Gasteiger partial charge in [-0.25, -0.2) is 0 Å². The van der Waals surface area contributed by atoms with E-state index in [-0.39, 0.29) is 19.0 Å². The Bertz CT molecular complexity index is 437. The third-order valence-electron chi connectivity index (χ3n) is 2.72. The van der Waals surface area contributed by atoms with Gasteiger partial charge in [0.1, 0.15) is 18.8 Å². The van der Waals surface area contributed by atoms with E-state index in [1.54, 1.807) is 20.8 Å². The third-order valence-corrected chi connectivity index (χ3v) is 3.32. The van der Waals surface area contributed by atoms with Crippen LogP contribution < -0.4 is 0 Å². The molecule has 1 heterocycles. The van der Waals surface area contributed by atoms with Crippen molar-refractivity contribution in [1.29, 1.82) is 0 Å². The summed E-state index contributed by atoms with van der Waals surface area (Å²) in [6.07, 6.45) is -0.726. The zero-order valence-corrected chi connectivity index (χ0v) is 13.2. The van der Waals surface area contributed by atoms with E-state index >= 15 is 0 Å². The summed E-state index contributed by atoms with van der Waals surface area (Å²) in [6.45, 7) is 5.12. The van der Waals surface area contributed by atoms with Gasteiger partial charge in [0.15, 0.2) is 6.29 Å². The predicted molar refractivity (Wildman–Crippen MR) is 70.4 cm³/mol. The number of esters is 1. The van der Waals surface area contributed by atoms with Gasteiger partial charge in [-0.1, -0.05) is 0 Å². The smallest absolute Gasteiger partial charge is 0.311 e. The molecule has 0 spiro atoms. The highest BCUT2D eigenvalue weighted by Gasteiger charge is 2.39. The quantitative estimate of drug-likeness (QED) is 0.545. The first-order chi connectivity index (χ1) is 9.03. The molecule has 118 valence electrons. The molecule has 1 saturated heterocycles. The molecule has 1 aliphatic heterocycles. The molecule has 0 N–H and O–H groups in total. The van der Waals surface area contributed by atoms with Crippen molar-refractivity contribution in [1.82, 2.24) is 0 Å². The first kappa shape index (κ1) is 17.4. The second-order valence-corrected chi connectivity index (χ2v) is 7.36. The summed E-state index contributed by atoms with van der Waals surface area (Å²) in [5.41, 5.74) is -0.632. The molecule has 1 fully saturated rings. The van der Waals surface area contributed by atoms with Crippen LogP contribution in [-0.4, -0.2) is 52.9 Å². The fourth-order valence-electron chi connectivity index (χ4n) is 1.68. The SMILES string of the molecule is COC1C[C@H](OS(C)(=O)=O)[C@@H](COC(=O)C(C)(C)C)O1. The standard InChI is InChI=1S/C12H22O7S/c1-12(2,3)11(13)17-7-9-8(19-20(5,14)15)6-10(16-4)18-9/h8-10H,6-7H2,1-5H3/t8-,9+,10?/m0/s1. The Kier molecular flexibility index (Phi) is 5.54. The maximum Gasteiger partial charge on any atom is 0.311 e. The Labute approximate surface area is 119 Å². The van der Waals surface area contributed by atoms with Gasteiger partial charge in [-0.3, -0.25) is 8.98 Å². The molecule has 0 aromatic rings. The third kappa shape index (κ3) is 5.35. The van der Waals surface area contributed by atoms with Crippen LogP contribution in [0.4, 0.5) is 0 Å². The van der Waals surface area contributed by atoms with Gasteiger partial charge >= 0.3 is 5.97 Å². The van der Waals surface area contributed by atoms with E-state index in [1.165, 1.54) is 7.11 Å². The predicted octanol–water partition coefficient (Wildman–Crippen LogP) is 0.682. The zero-order chi connectivity index (χ0) is 15.6. The van der Waals surface area contributed by atoms with Crippen LogP contribution >= 0.6 is 0 Å². The Hall–Kier alpha value is -0.700. The van der Waals surface area contributed by atoms with Gasteiger partial charge in [0.2, 0.25) is 0 Å². The molecular formula is C12H22O7S. The molecule has 1 aliphatic rings. The molecule has 0 radical (unpaired) electrons. The Morgan fingerprint density at radius 3 is 2.40 bits per heavy atom. The van der Waals surface area contributed by atoms with Crippen molar-refractivity contribution in [2.75, 3.05) is 20.0 Å². The summed E-state index contributed by atoms with van der Waals surface area (Å²) in [5.74, 6) is -0.389. The van der Waals surface area contributed by atoms with E-state index in [0.29, 0.717) is 0 Å². The molecule has 0 aromatic carbocycles. The second-order valence-electron chi connectivity index (χ2n) is 5.76. The highest BCUT2D eigenvalue weighted by Crippen LogP contribution is 2.26. The molecule has 0 aliphatic carbocycles. The van der Waals surface area contributed by atoms with E-state index in [1.807, 2.05) is 0 Å². The molecule has 0 saturated carbocycles. The zero-order valence-electron chi connectivity index (χ0n) is 12.4. The first-order valence-corrected chi connectivity index (χ1v) is 8.08. The Balaban J connectivity index is 2.63. The lowest BCUT2D eigenvalue weighted by molar-refractivity contribution is -0.165. The summed E-state index contributed by atoms with van der Waals surface area (Å²) < 4.78 is 42.9. The fourth-order valence-corrected chi connectivity index (χ4v) is 2.33. The van der Waals surface area contributed by atoms with Gasteiger partial charge in [0.05, 0.1) is 11.7 Å². The van der Waals surface area contributed by atoms with Crippen LogP contribution in [0.1, 0.15) is 27.2 Å². The Morgan fingerprint density at radius 1 is 1.35 bits per heavy atom. The van der Waals surface area contributed by atoms with Crippen LogP contribution in [-0.2, 0) is 33.3 Å². The second kappa shape index (κ2) is 6.38. The minimum Gasteiger partial charge on any atom is -0.462 e. The van der Waals surface area contributed by atoms with Crippen LogP contribution in [0.5, 0.6) is 0 Å². The average molecular weight is 310 g/mol. The number of rotatable bonds is 5. The van der Waals surface area contributed by atoms with Gasteiger partial charge in [0.25, 0.3) is 10.1 Å². The lowest BCUT2D eigenvalue weighted by Gasteiger charge is -2.21. The minimum absolute atomic E-state index is 0.0733. The lowest BCUT2D eigenvalue weighted by atomic mass is 9.97. The van der Waals surface area contributed by atoms with Crippen LogP contribution in [0.25, 0.3) is 0 Å². The van der Waals surface area contributed by atoms with Crippen molar-refractivity contribution in [2.45, 2.75) is 45.7 Å². The van der Waals surface area contributed by atoms with Crippen LogP contribution in [0.15, 0.2) is 0 Å². The topological polar surface area (TPSA) is 88.1 Å². The van der Waals surface area contributed by atoms with E-state index < -0.39 is 34.0 Å². The Morgan fingerprint density at radius 2 is 1.95 bits per heavy atom. The summed E-state index contributed by atoms with van der Waals surface area (Å²) >= 11 is 0. The fraction of sp³-hybridized carbons (Fsp3) is 0.917. The maximum absolute atomic E-state index is 11.7. The van der Waals surface area contributed by atoms with E-state index in [2.05, 4.69) is 0 Å². The maximum atomic E-state index is 11.7. The summed E-state index contributed by atoms with van der Waals surface area (Å²) in [7, 11) is -2.16. The number of hydrogen-bond acceptors (Lipinski definition) is 7. The highest BCUT2D eigenvalue weighted by atomic mass is 32.2. The van der Waals surface area contributed by atoms with Gasteiger partial charge in [-0.15, -0.1) is 0 Å². The molecular weight excluding hydrogens is 288 g/mol. The summed E-state index contributed by atoms with van der Waals surface area (Å²) in [6, 6.07) is 0. The van der Waals surface area contributed by atoms with Gasteiger partial charge in [-0.05, 0) is 20.8 Å². The summed E-state index contributed by atoms with van der Waals surface area (Å²) in [4.78, 5) is 11.7. The molecule has 0 aromatic heterocycles. The molecule has 1 rings (SSSR count). The van der Waals surface area contributed by atoms with Gasteiger partial charge < -0.3 is 14.2 Å². The lowest BCUT2D eigenvalue weighted by Crippen LogP contribution is -2.34. The van der Waals surface area contributed by atoms with E-state index in [9.17, 15) is 13.2 Å². The van der Waals surface area contributed by atoms with Crippen molar-refractivity contribution >= 4 is 16.1 Å². The van der Waals surface area contributed by atoms with Crippen LogP contribution in [0.3, 0.4) is 0 Å². The normalized spacial score (nSPS) is 27.6. The number of hydrogen-bond donors (Lipinski definition) is 0. The molecule has 3 atom stereocenters. The van der Waals surface area contributed by atoms with Crippen LogP contribution in [0.2, 0.25) is 0 Å².